The summed E-state index contributed by atoms with van der Waals surface area (Å²) >= 11 is 0. The summed E-state index contributed by atoms with van der Waals surface area (Å²) in [5.41, 5.74) is 1.27. The summed E-state index contributed by atoms with van der Waals surface area (Å²) in [4.78, 5) is 35.3. The van der Waals surface area contributed by atoms with E-state index in [-0.39, 0.29) is 11.6 Å². The number of nitrogens with zero attached hydrogens (tertiary/aromatic N) is 1. The van der Waals surface area contributed by atoms with Crippen LogP contribution in [-0.4, -0.2) is 32.8 Å². The molecule has 7 nitrogen and oxygen atoms in total. The van der Waals surface area contributed by atoms with Crippen molar-refractivity contribution in [3.63, 3.8) is 0 Å². The number of carbonyl (C=O) groups is 2. The fourth-order valence-corrected chi connectivity index (χ4v) is 2.13. The van der Waals surface area contributed by atoms with Gasteiger partial charge >= 0.3 is 5.97 Å². The zero-order chi connectivity index (χ0) is 17.1. The summed E-state index contributed by atoms with van der Waals surface area (Å²) < 4.78 is 1.24. The number of hydrogen-bond acceptors (Lipinski definition) is 3. The molecule has 0 fully saturated rings. The molecule has 7 heteroatoms. The monoisotopic (exact) mass is 317 g/mol. The summed E-state index contributed by atoms with van der Waals surface area (Å²) in [5, 5.41) is 14.2. The van der Waals surface area contributed by atoms with Crippen LogP contribution in [0.2, 0.25) is 0 Å². The van der Waals surface area contributed by atoms with Gasteiger partial charge in [0.25, 0.3) is 11.5 Å². The van der Waals surface area contributed by atoms with Crippen molar-refractivity contribution in [3.05, 3.63) is 51.9 Å². The second kappa shape index (κ2) is 6.51. The lowest BCUT2D eigenvalue weighted by molar-refractivity contribution is -0.140. The van der Waals surface area contributed by atoms with Gasteiger partial charge in [-0.3, -0.25) is 14.7 Å². The van der Waals surface area contributed by atoms with Crippen molar-refractivity contribution in [2.24, 2.45) is 5.92 Å². The highest BCUT2D eigenvalue weighted by atomic mass is 16.4. The molecule has 0 unspecified atom stereocenters. The highest BCUT2D eigenvalue weighted by Crippen LogP contribution is 2.07. The van der Waals surface area contributed by atoms with E-state index in [2.05, 4.69) is 10.4 Å². The number of aryl methyl sites for hydroxylation is 1. The van der Waals surface area contributed by atoms with Crippen molar-refractivity contribution in [1.29, 1.82) is 0 Å². The molecule has 1 aromatic heterocycles. The van der Waals surface area contributed by atoms with Gasteiger partial charge < -0.3 is 10.4 Å². The van der Waals surface area contributed by atoms with Gasteiger partial charge in [-0.25, -0.2) is 9.48 Å². The fourth-order valence-electron chi connectivity index (χ4n) is 2.13. The van der Waals surface area contributed by atoms with E-state index in [1.807, 2.05) is 19.1 Å². The maximum atomic E-state index is 12.2. The van der Waals surface area contributed by atoms with Crippen LogP contribution in [0.3, 0.4) is 0 Å². The van der Waals surface area contributed by atoms with Crippen LogP contribution in [0, 0.1) is 12.8 Å². The average Bonchev–Trinajstić information content (AvgIpc) is 2.86. The van der Waals surface area contributed by atoms with Crippen LogP contribution in [0.1, 0.15) is 29.9 Å². The van der Waals surface area contributed by atoms with Crippen molar-refractivity contribution in [1.82, 2.24) is 15.1 Å². The van der Waals surface area contributed by atoms with Gasteiger partial charge in [-0.2, -0.15) is 0 Å². The minimum Gasteiger partial charge on any atom is -0.480 e. The van der Waals surface area contributed by atoms with E-state index >= 15 is 0 Å². The second-order valence-corrected chi connectivity index (χ2v) is 5.71. The van der Waals surface area contributed by atoms with E-state index in [1.165, 1.54) is 4.68 Å². The van der Waals surface area contributed by atoms with Gasteiger partial charge in [0.1, 0.15) is 11.7 Å². The number of rotatable bonds is 5. The van der Waals surface area contributed by atoms with Gasteiger partial charge in [-0.05, 0) is 25.0 Å². The predicted molar refractivity (Wildman–Crippen MR) is 84.9 cm³/mol. The molecule has 0 aliphatic rings. The van der Waals surface area contributed by atoms with E-state index < -0.39 is 23.5 Å². The molecular formula is C16H19N3O4. The molecule has 0 saturated heterocycles. The van der Waals surface area contributed by atoms with Crippen LogP contribution in [0.5, 0.6) is 0 Å². The Labute approximate surface area is 132 Å². The summed E-state index contributed by atoms with van der Waals surface area (Å²) in [6, 6.07) is 7.33. The van der Waals surface area contributed by atoms with Crippen LogP contribution in [0.25, 0.3) is 5.69 Å². The molecule has 2 aromatic rings. The third kappa shape index (κ3) is 3.68. The lowest BCUT2D eigenvalue weighted by Gasteiger charge is -2.17. The lowest BCUT2D eigenvalue weighted by atomic mass is 10.0. The van der Waals surface area contributed by atoms with Crippen LogP contribution in [0.15, 0.2) is 35.1 Å². The number of aliphatic carboxylic acids is 1. The molecule has 3 N–H and O–H groups in total. The van der Waals surface area contributed by atoms with Crippen molar-refractivity contribution >= 4 is 11.9 Å². The molecule has 0 spiro atoms. The molecule has 2 rings (SSSR count). The molecule has 1 amide bonds. The van der Waals surface area contributed by atoms with Gasteiger partial charge in [-0.15, -0.1) is 0 Å². The number of carboxylic acid groups (broad SMARTS) is 1. The van der Waals surface area contributed by atoms with Gasteiger partial charge in [0.2, 0.25) is 0 Å². The Morgan fingerprint density at radius 1 is 1.22 bits per heavy atom. The molecule has 1 atom stereocenters. The smallest absolute Gasteiger partial charge is 0.326 e. The quantitative estimate of drug-likeness (QED) is 0.773. The number of aromatic amines is 1. The minimum atomic E-state index is -1.12. The lowest BCUT2D eigenvalue weighted by Crippen LogP contribution is -2.44. The second-order valence-electron chi connectivity index (χ2n) is 5.71. The molecular weight excluding hydrogens is 298 g/mol. The van der Waals surface area contributed by atoms with Crippen LogP contribution in [-0.2, 0) is 4.79 Å². The molecule has 0 saturated carbocycles. The Balaban J connectivity index is 2.26. The van der Waals surface area contributed by atoms with E-state index in [1.54, 1.807) is 26.0 Å². The molecule has 23 heavy (non-hydrogen) atoms. The number of H-pyrrole nitrogens is 1. The first-order valence-corrected chi connectivity index (χ1v) is 7.22. The largest absolute Gasteiger partial charge is 0.480 e. The Morgan fingerprint density at radius 2 is 1.83 bits per heavy atom. The molecule has 1 heterocycles. The van der Waals surface area contributed by atoms with Crippen LogP contribution < -0.4 is 10.9 Å². The Kier molecular flexibility index (Phi) is 4.68. The van der Waals surface area contributed by atoms with E-state index in [9.17, 15) is 14.4 Å². The Hall–Kier alpha value is -2.83. The molecule has 0 aliphatic heterocycles. The Bertz CT molecular complexity index is 771. The van der Waals surface area contributed by atoms with Crippen LogP contribution >= 0.6 is 0 Å². The van der Waals surface area contributed by atoms with Gasteiger partial charge in [0.15, 0.2) is 0 Å². The highest BCUT2D eigenvalue weighted by Gasteiger charge is 2.25. The van der Waals surface area contributed by atoms with Gasteiger partial charge in [0.05, 0.1) is 5.69 Å². The number of aromatic nitrogens is 2. The zero-order valence-corrected chi connectivity index (χ0v) is 13.2. The number of benzene rings is 1. The molecule has 122 valence electrons. The first kappa shape index (κ1) is 16.5. The highest BCUT2D eigenvalue weighted by molar-refractivity contribution is 5.95. The summed E-state index contributed by atoms with van der Waals surface area (Å²) in [7, 11) is 0. The van der Waals surface area contributed by atoms with E-state index in [0.29, 0.717) is 5.69 Å². The number of hydrogen-bond donors (Lipinski definition) is 3. The number of amides is 1. The maximum absolute atomic E-state index is 12.2. The number of carbonyl (C=O) groups excluding carboxylic acids is 1. The number of nitrogens with one attached hydrogen (secondary N) is 2. The van der Waals surface area contributed by atoms with Gasteiger partial charge in [-0.1, -0.05) is 31.5 Å². The first-order valence-electron chi connectivity index (χ1n) is 7.22. The van der Waals surface area contributed by atoms with Crippen molar-refractivity contribution in [3.8, 4) is 5.69 Å². The minimum absolute atomic E-state index is 0.0162. The zero-order valence-electron chi connectivity index (χ0n) is 13.2. The third-order valence-corrected chi connectivity index (χ3v) is 3.48. The molecule has 0 radical (unpaired) electrons. The fraction of sp³-hybridized carbons (Fsp3) is 0.312. The molecule has 0 bridgehead atoms. The van der Waals surface area contributed by atoms with Crippen LogP contribution in [0.4, 0.5) is 0 Å². The number of carboxylic acids is 1. The topological polar surface area (TPSA) is 104 Å². The summed E-state index contributed by atoms with van der Waals surface area (Å²) in [6.45, 7) is 5.32. The normalized spacial score (nSPS) is 12.2. The predicted octanol–water partition coefficient (Wildman–Crippen LogP) is 1.31. The van der Waals surface area contributed by atoms with E-state index in [0.717, 1.165) is 11.6 Å². The molecule has 0 aliphatic carbocycles. The third-order valence-electron chi connectivity index (χ3n) is 3.48. The maximum Gasteiger partial charge on any atom is 0.326 e. The average molecular weight is 317 g/mol. The Morgan fingerprint density at radius 3 is 2.35 bits per heavy atom. The summed E-state index contributed by atoms with van der Waals surface area (Å²) in [5.74, 6) is -2.02. The molecule has 1 aromatic carbocycles. The first-order chi connectivity index (χ1) is 10.8. The van der Waals surface area contributed by atoms with Crippen molar-refractivity contribution in [2.45, 2.75) is 26.8 Å². The standard InChI is InChI=1S/C16H19N3O4/c1-9(2)14(16(22)23)17-15(21)12-8-13(20)19(18-12)11-6-4-10(3)5-7-11/h4-9,14,18H,1-3H3,(H,17,21)(H,22,23)/t14-/m1/s1. The van der Waals surface area contributed by atoms with Crippen molar-refractivity contribution in [2.75, 3.05) is 0 Å². The summed E-state index contributed by atoms with van der Waals surface area (Å²) in [6.07, 6.45) is 0. The van der Waals surface area contributed by atoms with Crippen molar-refractivity contribution < 1.29 is 14.7 Å². The van der Waals surface area contributed by atoms with E-state index in [4.69, 9.17) is 5.11 Å². The van der Waals surface area contributed by atoms with Gasteiger partial charge in [0, 0.05) is 6.07 Å². The SMILES string of the molecule is Cc1ccc(-n2[nH]c(C(=O)N[C@@H](C(=O)O)C(C)C)cc2=O)cc1.